The molecule has 1 aliphatic carbocycles. The molecule has 3 nitrogen and oxygen atoms in total. The molecule has 0 bridgehead atoms. The lowest BCUT2D eigenvalue weighted by Crippen LogP contribution is -2.11. The number of benzene rings is 2. The van der Waals surface area contributed by atoms with E-state index in [4.69, 9.17) is 9.47 Å². The van der Waals surface area contributed by atoms with Crippen molar-refractivity contribution in [2.24, 2.45) is 0 Å². The number of hydrogen-bond donors (Lipinski definition) is 1. The van der Waals surface area contributed by atoms with Crippen LogP contribution in [0.1, 0.15) is 35.6 Å². The summed E-state index contributed by atoms with van der Waals surface area (Å²) < 4.78 is 11.2. The van der Waals surface area contributed by atoms with Gasteiger partial charge in [0.05, 0.1) is 13.2 Å². The zero-order valence-electron chi connectivity index (χ0n) is 12.2. The van der Waals surface area contributed by atoms with Gasteiger partial charge in [-0.15, -0.1) is 0 Å². The number of hydrogen-bond acceptors (Lipinski definition) is 3. The molecule has 1 atom stereocenters. The second-order valence-electron chi connectivity index (χ2n) is 5.37. The van der Waals surface area contributed by atoms with Crippen LogP contribution in [0.3, 0.4) is 0 Å². The highest BCUT2D eigenvalue weighted by atomic mass is 16.5. The van der Waals surface area contributed by atoms with Gasteiger partial charge in [0, 0.05) is 0 Å². The maximum absolute atomic E-state index is 10.1. The summed E-state index contributed by atoms with van der Waals surface area (Å²) >= 11 is 0. The lowest BCUT2D eigenvalue weighted by Gasteiger charge is -2.23. The minimum absolute atomic E-state index is 0.353. The van der Waals surface area contributed by atoms with Crippen molar-refractivity contribution in [3.8, 4) is 11.5 Å². The molecule has 0 radical (unpaired) electrons. The fourth-order valence-electron chi connectivity index (χ4n) is 2.85. The molecule has 0 spiro atoms. The number of ether oxygens (including phenoxy) is 2. The van der Waals surface area contributed by atoms with Gasteiger partial charge in [-0.1, -0.05) is 24.3 Å². The van der Waals surface area contributed by atoms with Crippen molar-refractivity contribution >= 4 is 0 Å². The standard InChI is InChI=1S/C18H20O3/c1-20-14-6-2-5-13(11-14)12-21-18-10-4-7-15-16(18)8-3-9-17(15)19/h2,4-7,10-11,17,19H,3,8-9,12H2,1H3/t17-/m1/s1. The molecule has 0 aromatic heterocycles. The predicted molar refractivity (Wildman–Crippen MR) is 81.7 cm³/mol. The van der Waals surface area contributed by atoms with E-state index in [0.29, 0.717) is 6.61 Å². The fraction of sp³-hybridized carbons (Fsp3) is 0.333. The molecule has 110 valence electrons. The molecule has 0 amide bonds. The molecule has 3 rings (SSSR count). The van der Waals surface area contributed by atoms with E-state index in [1.807, 2.05) is 42.5 Å². The zero-order valence-corrected chi connectivity index (χ0v) is 12.2. The van der Waals surface area contributed by atoms with Crippen LogP contribution in [-0.2, 0) is 13.0 Å². The minimum atomic E-state index is -0.353. The minimum Gasteiger partial charge on any atom is -0.497 e. The van der Waals surface area contributed by atoms with Crippen molar-refractivity contribution in [2.45, 2.75) is 32.0 Å². The summed E-state index contributed by atoms with van der Waals surface area (Å²) in [5, 5.41) is 10.1. The first-order chi connectivity index (χ1) is 10.3. The van der Waals surface area contributed by atoms with Crippen LogP contribution >= 0.6 is 0 Å². The van der Waals surface area contributed by atoms with Gasteiger partial charge in [0.2, 0.25) is 0 Å². The summed E-state index contributed by atoms with van der Waals surface area (Å²) in [4.78, 5) is 0. The van der Waals surface area contributed by atoms with Crippen molar-refractivity contribution in [2.75, 3.05) is 7.11 Å². The van der Waals surface area contributed by atoms with Crippen LogP contribution in [-0.4, -0.2) is 12.2 Å². The molecule has 0 aliphatic heterocycles. The number of rotatable bonds is 4. The van der Waals surface area contributed by atoms with Gasteiger partial charge in [0.15, 0.2) is 0 Å². The van der Waals surface area contributed by atoms with Gasteiger partial charge in [-0.2, -0.15) is 0 Å². The van der Waals surface area contributed by atoms with Gasteiger partial charge < -0.3 is 14.6 Å². The first-order valence-electron chi connectivity index (χ1n) is 7.33. The Hall–Kier alpha value is -2.00. The van der Waals surface area contributed by atoms with Crippen molar-refractivity contribution < 1.29 is 14.6 Å². The van der Waals surface area contributed by atoms with Gasteiger partial charge in [-0.3, -0.25) is 0 Å². The van der Waals surface area contributed by atoms with Crippen LogP contribution in [0, 0.1) is 0 Å². The summed E-state index contributed by atoms with van der Waals surface area (Å²) in [5.41, 5.74) is 3.24. The quantitative estimate of drug-likeness (QED) is 0.931. The van der Waals surface area contributed by atoms with E-state index in [0.717, 1.165) is 47.5 Å². The predicted octanol–water partition coefficient (Wildman–Crippen LogP) is 3.64. The molecule has 0 saturated heterocycles. The average Bonchev–Trinajstić information content (AvgIpc) is 2.53. The van der Waals surface area contributed by atoms with Gasteiger partial charge >= 0.3 is 0 Å². The number of aliphatic hydroxyl groups is 1. The van der Waals surface area contributed by atoms with Gasteiger partial charge in [-0.05, 0) is 54.2 Å². The Morgan fingerprint density at radius 1 is 1.19 bits per heavy atom. The van der Waals surface area contributed by atoms with Crippen molar-refractivity contribution in [3.05, 3.63) is 59.2 Å². The van der Waals surface area contributed by atoms with Crippen LogP contribution in [0.25, 0.3) is 0 Å². The van der Waals surface area contributed by atoms with E-state index in [1.165, 1.54) is 0 Å². The van der Waals surface area contributed by atoms with E-state index >= 15 is 0 Å². The SMILES string of the molecule is COc1cccc(COc2cccc3c2CCC[C@H]3O)c1. The second kappa shape index (κ2) is 6.19. The Bertz CT molecular complexity index is 622. The lowest BCUT2D eigenvalue weighted by molar-refractivity contribution is 0.155. The molecular formula is C18H20O3. The number of aliphatic hydroxyl groups excluding tert-OH is 1. The summed E-state index contributed by atoms with van der Waals surface area (Å²) in [5.74, 6) is 1.72. The molecule has 1 aliphatic rings. The normalized spacial score (nSPS) is 17.1. The maximum Gasteiger partial charge on any atom is 0.123 e. The summed E-state index contributed by atoms with van der Waals surface area (Å²) in [6, 6.07) is 13.8. The van der Waals surface area contributed by atoms with E-state index in [2.05, 4.69) is 0 Å². The molecule has 2 aromatic carbocycles. The third-order valence-corrected chi connectivity index (χ3v) is 3.96. The first-order valence-corrected chi connectivity index (χ1v) is 7.33. The first kappa shape index (κ1) is 14.0. The third kappa shape index (κ3) is 3.03. The summed E-state index contributed by atoms with van der Waals surface area (Å²) in [6.07, 6.45) is 2.47. The van der Waals surface area contributed by atoms with E-state index in [-0.39, 0.29) is 6.10 Å². The Morgan fingerprint density at radius 2 is 2.05 bits per heavy atom. The molecule has 3 heteroatoms. The van der Waals surface area contributed by atoms with Crippen LogP contribution in [0.2, 0.25) is 0 Å². The number of methoxy groups -OCH3 is 1. The van der Waals surface area contributed by atoms with E-state index < -0.39 is 0 Å². The zero-order chi connectivity index (χ0) is 14.7. The largest absolute Gasteiger partial charge is 0.497 e. The fourth-order valence-corrected chi connectivity index (χ4v) is 2.85. The Labute approximate surface area is 125 Å². The molecule has 21 heavy (non-hydrogen) atoms. The molecule has 2 aromatic rings. The third-order valence-electron chi connectivity index (χ3n) is 3.96. The van der Waals surface area contributed by atoms with Gasteiger partial charge in [0.25, 0.3) is 0 Å². The smallest absolute Gasteiger partial charge is 0.123 e. The Balaban J connectivity index is 1.77. The Morgan fingerprint density at radius 3 is 2.90 bits per heavy atom. The average molecular weight is 284 g/mol. The molecule has 0 heterocycles. The Kier molecular flexibility index (Phi) is 4.11. The maximum atomic E-state index is 10.1. The molecule has 0 saturated carbocycles. The van der Waals surface area contributed by atoms with Crippen molar-refractivity contribution in [1.82, 2.24) is 0 Å². The highest BCUT2D eigenvalue weighted by molar-refractivity contribution is 5.43. The van der Waals surface area contributed by atoms with Gasteiger partial charge in [0.1, 0.15) is 18.1 Å². The van der Waals surface area contributed by atoms with Gasteiger partial charge in [-0.25, -0.2) is 0 Å². The summed E-state index contributed by atoms with van der Waals surface area (Å²) in [7, 11) is 1.66. The van der Waals surface area contributed by atoms with Crippen LogP contribution in [0.5, 0.6) is 11.5 Å². The van der Waals surface area contributed by atoms with Crippen molar-refractivity contribution in [3.63, 3.8) is 0 Å². The molecule has 0 unspecified atom stereocenters. The highest BCUT2D eigenvalue weighted by Crippen LogP contribution is 2.35. The summed E-state index contributed by atoms with van der Waals surface area (Å²) in [6.45, 7) is 0.504. The molecule has 1 N–H and O–H groups in total. The van der Waals surface area contributed by atoms with E-state index in [9.17, 15) is 5.11 Å². The lowest BCUT2D eigenvalue weighted by atomic mass is 9.89. The van der Waals surface area contributed by atoms with Crippen LogP contribution < -0.4 is 9.47 Å². The second-order valence-corrected chi connectivity index (χ2v) is 5.37. The topological polar surface area (TPSA) is 38.7 Å². The molecule has 0 fully saturated rings. The number of fused-ring (bicyclic) bond motifs is 1. The van der Waals surface area contributed by atoms with E-state index in [1.54, 1.807) is 7.11 Å². The van der Waals surface area contributed by atoms with Crippen LogP contribution in [0.15, 0.2) is 42.5 Å². The van der Waals surface area contributed by atoms with Crippen molar-refractivity contribution in [1.29, 1.82) is 0 Å². The highest BCUT2D eigenvalue weighted by Gasteiger charge is 2.20. The molecular weight excluding hydrogens is 264 g/mol. The van der Waals surface area contributed by atoms with Crippen LogP contribution in [0.4, 0.5) is 0 Å². The monoisotopic (exact) mass is 284 g/mol.